The number of unbranched alkanes of at least 4 members (excludes halogenated alkanes) is 2. The van der Waals surface area contributed by atoms with Gasteiger partial charge < -0.3 is 14.8 Å². The summed E-state index contributed by atoms with van der Waals surface area (Å²) in [6.45, 7) is 2.58. The van der Waals surface area contributed by atoms with Crippen LogP contribution in [-0.2, 0) is 16.0 Å². The number of hydrogen-bond donors (Lipinski definition) is 2. The second kappa shape index (κ2) is 7.59. The van der Waals surface area contributed by atoms with E-state index in [0.29, 0.717) is 13.0 Å². The molecule has 0 saturated carbocycles. The van der Waals surface area contributed by atoms with Crippen molar-refractivity contribution < 1.29 is 14.7 Å². The van der Waals surface area contributed by atoms with Gasteiger partial charge in [-0.15, -0.1) is 0 Å². The van der Waals surface area contributed by atoms with E-state index in [-0.39, 0.29) is 18.7 Å². The number of hydrogen-bond acceptors (Lipinski definition) is 3. The minimum atomic E-state index is -0.772. The van der Waals surface area contributed by atoms with E-state index in [4.69, 9.17) is 5.11 Å². The number of aromatic nitrogens is 2. The van der Waals surface area contributed by atoms with Crippen LogP contribution in [-0.4, -0.2) is 32.9 Å². The van der Waals surface area contributed by atoms with Crippen LogP contribution in [0.2, 0.25) is 0 Å². The van der Waals surface area contributed by atoms with Crippen LogP contribution in [0.3, 0.4) is 0 Å². The molecule has 2 rings (SSSR count). The quantitative estimate of drug-likeness (QED) is 0.730. The molecule has 2 aromatic heterocycles. The molecule has 118 valence electrons. The molecule has 1 amide bonds. The number of fused-ring (bicyclic) bond motifs is 1. The molecule has 6 nitrogen and oxygen atoms in total. The molecule has 2 heterocycles. The molecule has 0 fully saturated rings. The van der Waals surface area contributed by atoms with E-state index < -0.39 is 5.97 Å². The third-order valence-corrected chi connectivity index (χ3v) is 3.40. The molecular formula is C16H21N3O3. The first-order chi connectivity index (χ1) is 10.5. The Morgan fingerprint density at radius 1 is 1.32 bits per heavy atom. The summed E-state index contributed by atoms with van der Waals surface area (Å²) in [5, 5.41) is 11.4. The summed E-state index contributed by atoms with van der Waals surface area (Å²) >= 11 is 0. The molecule has 0 radical (unpaired) electrons. The number of nitrogens with zero attached hydrogens (tertiary/aromatic N) is 2. The van der Waals surface area contributed by atoms with Gasteiger partial charge in [-0.1, -0.05) is 6.42 Å². The van der Waals surface area contributed by atoms with Gasteiger partial charge in [0.15, 0.2) is 0 Å². The van der Waals surface area contributed by atoms with Crippen molar-refractivity contribution >= 4 is 17.5 Å². The van der Waals surface area contributed by atoms with Crippen LogP contribution in [0.15, 0.2) is 24.5 Å². The van der Waals surface area contributed by atoms with Gasteiger partial charge in [-0.3, -0.25) is 9.59 Å². The largest absolute Gasteiger partial charge is 0.481 e. The third kappa shape index (κ3) is 4.87. The van der Waals surface area contributed by atoms with Crippen molar-refractivity contribution in [3.8, 4) is 0 Å². The number of aliphatic carboxylic acids is 1. The molecule has 2 aromatic rings. The summed E-state index contributed by atoms with van der Waals surface area (Å²) in [4.78, 5) is 26.6. The van der Waals surface area contributed by atoms with E-state index in [1.165, 1.54) is 0 Å². The number of pyridine rings is 1. The average Bonchev–Trinajstić information content (AvgIpc) is 2.83. The van der Waals surface area contributed by atoms with Gasteiger partial charge >= 0.3 is 5.97 Å². The SMILES string of the molecule is Cc1ccn2cc(CC(=O)NCCCCCC(=O)O)nc2c1. The molecule has 0 aliphatic heterocycles. The Labute approximate surface area is 129 Å². The number of amides is 1. The van der Waals surface area contributed by atoms with Gasteiger partial charge in [0.1, 0.15) is 5.65 Å². The Balaban J connectivity index is 1.73. The normalized spacial score (nSPS) is 10.8. The van der Waals surface area contributed by atoms with Gasteiger partial charge in [0.05, 0.1) is 12.1 Å². The van der Waals surface area contributed by atoms with Crippen LogP contribution in [0.1, 0.15) is 36.9 Å². The predicted molar refractivity (Wildman–Crippen MR) is 82.7 cm³/mol. The van der Waals surface area contributed by atoms with Crippen molar-refractivity contribution in [3.05, 3.63) is 35.8 Å². The van der Waals surface area contributed by atoms with Crippen LogP contribution in [0.5, 0.6) is 0 Å². The smallest absolute Gasteiger partial charge is 0.303 e. The number of carboxylic acid groups (broad SMARTS) is 1. The molecule has 0 spiro atoms. The van der Waals surface area contributed by atoms with E-state index >= 15 is 0 Å². The molecule has 6 heteroatoms. The lowest BCUT2D eigenvalue weighted by Gasteiger charge is -2.03. The van der Waals surface area contributed by atoms with Gasteiger partial charge in [0.25, 0.3) is 0 Å². The van der Waals surface area contributed by atoms with Gasteiger partial charge in [-0.2, -0.15) is 0 Å². The summed E-state index contributed by atoms with van der Waals surface area (Å²) in [7, 11) is 0. The van der Waals surface area contributed by atoms with Crippen LogP contribution in [0.4, 0.5) is 0 Å². The van der Waals surface area contributed by atoms with Crippen molar-refractivity contribution in [1.29, 1.82) is 0 Å². The van der Waals surface area contributed by atoms with Crippen LogP contribution >= 0.6 is 0 Å². The predicted octanol–water partition coefficient (Wildman–Crippen LogP) is 1.95. The first kappa shape index (κ1) is 16.0. The van der Waals surface area contributed by atoms with Crippen LogP contribution in [0, 0.1) is 6.92 Å². The second-order valence-electron chi connectivity index (χ2n) is 5.43. The zero-order chi connectivity index (χ0) is 15.9. The lowest BCUT2D eigenvalue weighted by atomic mass is 10.2. The molecule has 0 aromatic carbocycles. The molecule has 0 aliphatic carbocycles. The topological polar surface area (TPSA) is 83.7 Å². The average molecular weight is 303 g/mol. The van der Waals surface area contributed by atoms with Crippen molar-refractivity contribution in [2.75, 3.05) is 6.54 Å². The molecule has 0 unspecified atom stereocenters. The lowest BCUT2D eigenvalue weighted by Crippen LogP contribution is -2.26. The number of aryl methyl sites for hydroxylation is 1. The van der Waals surface area contributed by atoms with E-state index in [1.54, 1.807) is 0 Å². The maximum atomic E-state index is 11.8. The number of carbonyl (C=O) groups is 2. The summed E-state index contributed by atoms with van der Waals surface area (Å²) < 4.78 is 1.90. The van der Waals surface area contributed by atoms with Crippen LogP contribution < -0.4 is 5.32 Å². The summed E-state index contributed by atoms with van der Waals surface area (Å²) in [5.74, 6) is -0.829. The summed E-state index contributed by atoms with van der Waals surface area (Å²) in [6, 6.07) is 3.97. The Hall–Kier alpha value is -2.37. The summed E-state index contributed by atoms with van der Waals surface area (Å²) in [5.41, 5.74) is 2.72. The number of carboxylic acids is 1. The highest BCUT2D eigenvalue weighted by Crippen LogP contribution is 2.08. The first-order valence-corrected chi connectivity index (χ1v) is 7.47. The highest BCUT2D eigenvalue weighted by Gasteiger charge is 2.07. The molecule has 2 N–H and O–H groups in total. The zero-order valence-corrected chi connectivity index (χ0v) is 12.7. The Bertz CT molecular complexity index is 664. The van der Waals surface area contributed by atoms with Crippen molar-refractivity contribution in [2.45, 2.75) is 39.0 Å². The van der Waals surface area contributed by atoms with Gasteiger partial charge in [-0.25, -0.2) is 4.98 Å². The van der Waals surface area contributed by atoms with Crippen LogP contribution in [0.25, 0.3) is 5.65 Å². The minimum absolute atomic E-state index is 0.0571. The highest BCUT2D eigenvalue weighted by molar-refractivity contribution is 5.78. The second-order valence-corrected chi connectivity index (χ2v) is 5.43. The minimum Gasteiger partial charge on any atom is -0.481 e. The number of imidazole rings is 1. The van der Waals surface area contributed by atoms with Gasteiger partial charge in [0, 0.05) is 25.4 Å². The molecule has 0 aliphatic rings. The molecule has 0 atom stereocenters. The van der Waals surface area contributed by atoms with Gasteiger partial charge in [0.2, 0.25) is 5.91 Å². The fraction of sp³-hybridized carbons (Fsp3) is 0.438. The number of nitrogens with one attached hydrogen (secondary N) is 1. The molecule has 0 bridgehead atoms. The third-order valence-electron chi connectivity index (χ3n) is 3.40. The lowest BCUT2D eigenvalue weighted by molar-refractivity contribution is -0.137. The number of rotatable bonds is 8. The Morgan fingerprint density at radius 3 is 2.91 bits per heavy atom. The molecule has 0 saturated heterocycles. The standard InChI is InChI=1S/C16H21N3O3/c1-12-6-8-19-11-13(18-14(19)9-12)10-15(20)17-7-4-2-3-5-16(21)22/h6,8-9,11H,2-5,7,10H2,1H3,(H,17,20)(H,21,22). The van der Waals surface area contributed by atoms with Gasteiger partial charge in [-0.05, 0) is 37.5 Å². The van der Waals surface area contributed by atoms with Crippen molar-refractivity contribution in [2.24, 2.45) is 0 Å². The zero-order valence-electron chi connectivity index (χ0n) is 12.7. The van der Waals surface area contributed by atoms with Crippen molar-refractivity contribution in [1.82, 2.24) is 14.7 Å². The fourth-order valence-corrected chi connectivity index (χ4v) is 2.25. The van der Waals surface area contributed by atoms with E-state index in [9.17, 15) is 9.59 Å². The molecular weight excluding hydrogens is 282 g/mol. The fourth-order valence-electron chi connectivity index (χ4n) is 2.25. The number of carbonyl (C=O) groups excluding carboxylic acids is 1. The highest BCUT2D eigenvalue weighted by atomic mass is 16.4. The molecule has 22 heavy (non-hydrogen) atoms. The van der Waals surface area contributed by atoms with E-state index in [0.717, 1.165) is 29.7 Å². The first-order valence-electron chi connectivity index (χ1n) is 7.47. The Kier molecular flexibility index (Phi) is 5.52. The maximum absolute atomic E-state index is 11.8. The summed E-state index contributed by atoms with van der Waals surface area (Å²) in [6.07, 6.45) is 6.49. The van der Waals surface area contributed by atoms with E-state index in [2.05, 4.69) is 10.3 Å². The van der Waals surface area contributed by atoms with Crippen molar-refractivity contribution in [3.63, 3.8) is 0 Å². The monoisotopic (exact) mass is 303 g/mol. The maximum Gasteiger partial charge on any atom is 0.303 e. The van der Waals surface area contributed by atoms with E-state index in [1.807, 2.05) is 35.9 Å². The Morgan fingerprint density at radius 2 is 2.14 bits per heavy atom.